The molecule has 0 unspecified atom stereocenters. The molecule has 0 spiro atoms. The molecule has 1 N–H and O–H groups in total. The van der Waals surface area contributed by atoms with Gasteiger partial charge in [0.25, 0.3) is 0 Å². The lowest BCUT2D eigenvalue weighted by molar-refractivity contribution is 0.217. The van der Waals surface area contributed by atoms with E-state index in [4.69, 9.17) is 54.2 Å². The fourth-order valence-corrected chi connectivity index (χ4v) is 5.33. The first-order valence-corrected chi connectivity index (χ1v) is 14.3. The van der Waals surface area contributed by atoms with Crippen molar-refractivity contribution < 1.29 is 9.47 Å². The summed E-state index contributed by atoms with van der Waals surface area (Å²) in [5.41, 5.74) is 4.66. The van der Waals surface area contributed by atoms with Crippen LogP contribution in [0.5, 0.6) is 11.5 Å². The Labute approximate surface area is 243 Å². The first-order valence-electron chi connectivity index (χ1n) is 13.1. The lowest BCUT2D eigenvalue weighted by Gasteiger charge is -2.21. The van der Waals surface area contributed by atoms with Gasteiger partial charge in [0, 0.05) is 47.9 Å². The van der Waals surface area contributed by atoms with Crippen LogP contribution < -0.4 is 24.7 Å². The largest absolute Gasteiger partial charge is 0.490 e. The van der Waals surface area contributed by atoms with Crippen molar-refractivity contribution in [2.75, 3.05) is 54.6 Å². The number of nitrogens with one attached hydrogen (secondary N) is 1. The molecule has 206 valence electrons. The highest BCUT2D eigenvalue weighted by Gasteiger charge is 2.20. The minimum Gasteiger partial charge on any atom is -0.490 e. The molecular weight excluding hydrogens is 559 g/mol. The van der Waals surface area contributed by atoms with Gasteiger partial charge >= 0.3 is 0 Å². The fraction of sp³-hybridized carbons (Fsp3) is 0.393. The van der Waals surface area contributed by atoms with Crippen LogP contribution in [0, 0.1) is 6.92 Å². The number of hydrogen-bond acceptors (Lipinski definition) is 8. The van der Waals surface area contributed by atoms with Crippen LogP contribution in [0.1, 0.15) is 36.8 Å². The van der Waals surface area contributed by atoms with Crippen molar-refractivity contribution in [2.24, 2.45) is 5.10 Å². The molecule has 0 bridgehead atoms. The summed E-state index contributed by atoms with van der Waals surface area (Å²) in [6.45, 7) is 6.48. The van der Waals surface area contributed by atoms with Gasteiger partial charge in [0.15, 0.2) is 5.82 Å². The third-order valence-electron chi connectivity index (χ3n) is 6.67. The number of hydrogen-bond donors (Lipinski definition) is 1. The van der Waals surface area contributed by atoms with E-state index in [9.17, 15) is 0 Å². The summed E-state index contributed by atoms with van der Waals surface area (Å²) in [6, 6.07) is 10.9. The van der Waals surface area contributed by atoms with Crippen molar-refractivity contribution >= 4 is 58.6 Å². The monoisotopic (exact) mass is 588 g/mol. The molecule has 1 aromatic heterocycles. The Hall–Kier alpha value is -2.94. The van der Waals surface area contributed by atoms with E-state index in [1.165, 1.54) is 12.8 Å². The van der Waals surface area contributed by atoms with Crippen molar-refractivity contribution in [1.29, 1.82) is 0 Å². The lowest BCUT2D eigenvalue weighted by atomic mass is 10.2. The molecule has 11 heteroatoms. The molecule has 3 aromatic rings. The first kappa shape index (κ1) is 27.6. The maximum absolute atomic E-state index is 6.47. The zero-order valence-corrected chi connectivity index (χ0v) is 24.1. The molecular formula is C28H31Cl3N6O2. The molecule has 2 aliphatic rings. The Morgan fingerprint density at radius 1 is 0.872 bits per heavy atom. The Kier molecular flexibility index (Phi) is 9.17. The van der Waals surface area contributed by atoms with E-state index >= 15 is 0 Å². The van der Waals surface area contributed by atoms with E-state index in [0.717, 1.165) is 62.1 Å². The zero-order chi connectivity index (χ0) is 27.2. The smallest absolute Gasteiger partial charge is 0.229 e. The first-order chi connectivity index (χ1) is 19.0. The van der Waals surface area contributed by atoms with Crippen LogP contribution in [0.15, 0.2) is 41.5 Å². The van der Waals surface area contributed by atoms with Crippen LogP contribution in [0.3, 0.4) is 0 Å². The molecule has 0 radical (unpaired) electrons. The second kappa shape index (κ2) is 12.9. The van der Waals surface area contributed by atoms with Gasteiger partial charge in [0.1, 0.15) is 30.5 Å². The minimum atomic E-state index is 0.279. The van der Waals surface area contributed by atoms with E-state index in [1.54, 1.807) is 18.3 Å². The van der Waals surface area contributed by atoms with Gasteiger partial charge in [-0.25, -0.2) is 0 Å². The van der Waals surface area contributed by atoms with Crippen molar-refractivity contribution in [1.82, 2.24) is 9.97 Å². The summed E-state index contributed by atoms with van der Waals surface area (Å²) in [5, 5.41) is 6.01. The SMILES string of the molecule is Cc1cc(OCCOc2c(Cl)cc(Cl)cc2C=NNc2cc(N3CCCC3)nc(N3CCCC3)n2)ccc1Cl. The van der Waals surface area contributed by atoms with Crippen LogP contribution in [-0.2, 0) is 0 Å². The van der Waals surface area contributed by atoms with Crippen molar-refractivity contribution in [3.05, 3.63) is 62.6 Å². The van der Waals surface area contributed by atoms with E-state index in [-0.39, 0.29) is 6.61 Å². The molecule has 2 fully saturated rings. The zero-order valence-electron chi connectivity index (χ0n) is 21.8. The number of anilines is 3. The molecule has 0 atom stereocenters. The summed E-state index contributed by atoms with van der Waals surface area (Å²) >= 11 is 18.8. The highest BCUT2D eigenvalue weighted by molar-refractivity contribution is 6.36. The van der Waals surface area contributed by atoms with Crippen molar-refractivity contribution in [2.45, 2.75) is 32.6 Å². The number of ether oxygens (including phenoxy) is 2. The average molecular weight is 590 g/mol. The topological polar surface area (TPSA) is 75.1 Å². The number of rotatable bonds is 10. The van der Waals surface area contributed by atoms with Crippen LogP contribution in [0.2, 0.25) is 15.1 Å². The molecule has 0 aliphatic carbocycles. The quantitative estimate of drug-likeness (QED) is 0.157. The number of nitrogens with zero attached hydrogens (tertiary/aromatic N) is 5. The number of hydrazone groups is 1. The Balaban J connectivity index is 1.27. The molecule has 3 heterocycles. The van der Waals surface area contributed by atoms with Gasteiger partial charge in [-0.2, -0.15) is 15.1 Å². The Morgan fingerprint density at radius 3 is 2.33 bits per heavy atom. The number of halogens is 3. The summed E-state index contributed by atoms with van der Waals surface area (Å²) in [4.78, 5) is 14.1. The molecule has 8 nitrogen and oxygen atoms in total. The fourth-order valence-electron chi connectivity index (χ4n) is 4.65. The van der Waals surface area contributed by atoms with Crippen molar-refractivity contribution in [3.63, 3.8) is 0 Å². The summed E-state index contributed by atoms with van der Waals surface area (Å²) in [7, 11) is 0. The van der Waals surface area contributed by atoms with Gasteiger partial charge in [0.05, 0.1) is 11.2 Å². The maximum Gasteiger partial charge on any atom is 0.229 e. The van der Waals surface area contributed by atoms with Gasteiger partial charge in [0.2, 0.25) is 5.95 Å². The number of aromatic nitrogens is 2. The second-order valence-electron chi connectivity index (χ2n) is 9.58. The number of aryl methyl sites for hydroxylation is 1. The number of benzene rings is 2. The summed E-state index contributed by atoms with van der Waals surface area (Å²) in [5.74, 6) is 3.49. The molecule has 2 saturated heterocycles. The minimum absolute atomic E-state index is 0.279. The standard InChI is InChI=1S/C28H31Cl3N6O2/c1-19-14-22(6-7-23(19)30)38-12-13-39-27-20(15-21(29)16-24(27)31)18-32-35-25-17-26(36-8-2-3-9-36)34-28(33-25)37-10-4-5-11-37/h6-7,14-18H,2-5,8-13H2,1H3,(H,33,34,35). The molecule has 0 saturated carbocycles. The van der Waals surface area contributed by atoms with Crippen LogP contribution >= 0.6 is 34.8 Å². The normalized spacial score (nSPS) is 15.4. The second-order valence-corrected chi connectivity index (χ2v) is 10.8. The predicted molar refractivity (Wildman–Crippen MR) is 160 cm³/mol. The lowest BCUT2D eigenvalue weighted by Crippen LogP contribution is -2.24. The van der Waals surface area contributed by atoms with Crippen LogP contribution in [0.4, 0.5) is 17.6 Å². The molecule has 2 aliphatic heterocycles. The van der Waals surface area contributed by atoms with E-state index < -0.39 is 0 Å². The average Bonchev–Trinajstić information content (AvgIpc) is 3.65. The maximum atomic E-state index is 6.47. The van der Waals surface area contributed by atoms with E-state index in [0.29, 0.717) is 38.8 Å². The molecule has 5 rings (SSSR count). The van der Waals surface area contributed by atoms with E-state index in [2.05, 4.69) is 20.3 Å². The Morgan fingerprint density at radius 2 is 1.59 bits per heavy atom. The third kappa shape index (κ3) is 7.18. The van der Waals surface area contributed by atoms with Gasteiger partial charge in [-0.1, -0.05) is 34.8 Å². The highest BCUT2D eigenvalue weighted by atomic mass is 35.5. The van der Waals surface area contributed by atoms with E-state index in [1.807, 2.05) is 31.2 Å². The summed E-state index contributed by atoms with van der Waals surface area (Å²) in [6.07, 6.45) is 6.28. The van der Waals surface area contributed by atoms with Crippen molar-refractivity contribution in [3.8, 4) is 11.5 Å². The van der Waals surface area contributed by atoms with Gasteiger partial charge in [-0.05, 0) is 68.5 Å². The predicted octanol–water partition coefficient (Wildman–Crippen LogP) is 6.85. The van der Waals surface area contributed by atoms with Crippen LogP contribution in [-0.4, -0.2) is 55.6 Å². The third-order valence-corrected chi connectivity index (χ3v) is 7.59. The van der Waals surface area contributed by atoms with Gasteiger partial charge in [-0.15, -0.1) is 0 Å². The van der Waals surface area contributed by atoms with Crippen LogP contribution in [0.25, 0.3) is 0 Å². The Bertz CT molecular complexity index is 1290. The molecule has 0 amide bonds. The highest BCUT2D eigenvalue weighted by Crippen LogP contribution is 2.32. The molecule has 39 heavy (non-hydrogen) atoms. The van der Waals surface area contributed by atoms with Gasteiger partial charge in [-0.3, -0.25) is 5.43 Å². The summed E-state index contributed by atoms with van der Waals surface area (Å²) < 4.78 is 11.8. The molecule has 2 aromatic carbocycles. The van der Waals surface area contributed by atoms with Gasteiger partial charge < -0.3 is 19.3 Å².